The summed E-state index contributed by atoms with van der Waals surface area (Å²) in [5, 5.41) is 0. The zero-order valence-corrected chi connectivity index (χ0v) is 20.2. The monoisotopic (exact) mass is 522 g/mol. The van der Waals surface area contributed by atoms with Crippen LogP contribution in [0.1, 0.15) is 35.4 Å². The van der Waals surface area contributed by atoms with Crippen LogP contribution in [0, 0.1) is 18.6 Å². The van der Waals surface area contributed by atoms with E-state index in [0.29, 0.717) is 11.7 Å². The third kappa shape index (κ3) is 5.03. The number of nitrogens with two attached hydrogens (primary N) is 1. The van der Waals surface area contributed by atoms with E-state index >= 15 is 0 Å². The van der Waals surface area contributed by atoms with Crippen LogP contribution >= 0.6 is 0 Å². The highest BCUT2D eigenvalue weighted by molar-refractivity contribution is 7.89. The molecule has 3 heterocycles. The highest BCUT2D eigenvalue weighted by atomic mass is 32.2. The number of hydrogen-bond acceptors (Lipinski definition) is 9. The molecule has 36 heavy (non-hydrogen) atoms. The van der Waals surface area contributed by atoms with Crippen LogP contribution in [0.3, 0.4) is 0 Å². The van der Waals surface area contributed by atoms with Gasteiger partial charge in [0.25, 0.3) is 0 Å². The minimum atomic E-state index is -3.94. The Kier molecular flexibility index (Phi) is 6.47. The van der Waals surface area contributed by atoms with Crippen molar-refractivity contribution in [1.82, 2.24) is 19.3 Å². The Balaban J connectivity index is 1.60. The van der Waals surface area contributed by atoms with Crippen LogP contribution in [0.5, 0.6) is 5.88 Å². The number of hydrogen-bond donors (Lipinski definition) is 1. The van der Waals surface area contributed by atoms with Gasteiger partial charge in [0.1, 0.15) is 17.0 Å². The summed E-state index contributed by atoms with van der Waals surface area (Å²) < 4.78 is 80.3. The van der Waals surface area contributed by atoms with Gasteiger partial charge in [-0.1, -0.05) is 0 Å². The number of sulfonamides is 1. The Labute approximate surface area is 204 Å². The van der Waals surface area contributed by atoms with Crippen molar-refractivity contribution in [3.63, 3.8) is 0 Å². The van der Waals surface area contributed by atoms with E-state index in [4.69, 9.17) is 14.9 Å². The molecule has 1 aromatic carbocycles. The highest BCUT2D eigenvalue weighted by Gasteiger charge is 2.42. The van der Waals surface area contributed by atoms with E-state index in [1.165, 1.54) is 26.4 Å². The zero-order chi connectivity index (χ0) is 26.3. The number of oxazole rings is 1. The number of aryl methyl sites for hydroxylation is 1. The third-order valence-corrected chi connectivity index (χ3v) is 7.32. The summed E-state index contributed by atoms with van der Waals surface area (Å²) in [5.74, 6) is -3.54. The maximum atomic E-state index is 14.9. The van der Waals surface area contributed by atoms with Gasteiger partial charge in [-0.05, 0) is 37.6 Å². The van der Waals surface area contributed by atoms with Gasteiger partial charge < -0.3 is 14.9 Å². The standard InChI is InChI=1S/C22H21F3N6O4S/c1-12-7-28-19(35-12)10-34-18-9-27-17(8-29-18)15(23)5-13-4-14(20(25)16(24)6-13)22(2)11-36(32,33)31(3)21(26)30-22/h4-9H,10-11H2,1-3H3,(H2,26,30). The molecule has 0 saturated carbocycles. The zero-order valence-electron chi connectivity index (χ0n) is 19.4. The molecule has 0 saturated heterocycles. The molecule has 1 atom stereocenters. The molecule has 1 aliphatic heterocycles. The first-order valence-electron chi connectivity index (χ1n) is 10.4. The molecule has 4 rings (SSSR count). The smallest absolute Gasteiger partial charge is 0.239 e. The lowest BCUT2D eigenvalue weighted by Gasteiger charge is -2.34. The van der Waals surface area contributed by atoms with Gasteiger partial charge in [0.15, 0.2) is 24.1 Å². The van der Waals surface area contributed by atoms with E-state index in [0.717, 1.165) is 28.7 Å². The molecule has 0 radical (unpaired) electrons. The largest absolute Gasteiger partial charge is 0.467 e. The second kappa shape index (κ2) is 9.26. The molecule has 10 nitrogen and oxygen atoms in total. The van der Waals surface area contributed by atoms with Gasteiger partial charge in [0, 0.05) is 12.6 Å². The Morgan fingerprint density at radius 2 is 2.00 bits per heavy atom. The number of aliphatic imine (C=N–C) groups is 1. The van der Waals surface area contributed by atoms with Crippen LogP contribution in [-0.4, -0.2) is 46.4 Å². The first-order valence-corrected chi connectivity index (χ1v) is 12.0. The van der Waals surface area contributed by atoms with Crippen molar-refractivity contribution in [3.8, 4) is 5.88 Å². The van der Waals surface area contributed by atoms with Gasteiger partial charge in [-0.25, -0.2) is 45.8 Å². The van der Waals surface area contributed by atoms with Crippen molar-refractivity contribution in [1.29, 1.82) is 0 Å². The number of guanidine groups is 1. The maximum Gasteiger partial charge on any atom is 0.239 e. The fraction of sp³-hybridized carbons (Fsp3) is 0.273. The Bertz CT molecular complexity index is 1470. The lowest BCUT2D eigenvalue weighted by molar-refractivity contribution is 0.250. The number of ether oxygens (including phenoxy) is 1. The van der Waals surface area contributed by atoms with Crippen molar-refractivity contribution >= 4 is 27.9 Å². The molecule has 190 valence electrons. The molecule has 0 bridgehead atoms. The number of rotatable bonds is 6. The predicted octanol–water partition coefficient (Wildman–Crippen LogP) is 2.90. The lowest BCUT2D eigenvalue weighted by Crippen LogP contribution is -2.50. The quantitative estimate of drug-likeness (QED) is 0.522. The molecule has 1 aliphatic rings. The van der Waals surface area contributed by atoms with Gasteiger partial charge >= 0.3 is 0 Å². The molecule has 1 unspecified atom stereocenters. The molecule has 0 spiro atoms. The van der Waals surface area contributed by atoms with Gasteiger partial charge in [0.2, 0.25) is 27.8 Å². The van der Waals surface area contributed by atoms with Crippen LogP contribution in [0.25, 0.3) is 11.9 Å². The van der Waals surface area contributed by atoms with E-state index in [-0.39, 0.29) is 29.7 Å². The van der Waals surface area contributed by atoms with Crippen LogP contribution in [0.15, 0.2) is 40.1 Å². The van der Waals surface area contributed by atoms with Gasteiger partial charge in [-0.15, -0.1) is 0 Å². The molecule has 0 aliphatic carbocycles. The van der Waals surface area contributed by atoms with Gasteiger partial charge in [0.05, 0.1) is 24.3 Å². The first-order chi connectivity index (χ1) is 16.9. The van der Waals surface area contributed by atoms with E-state index in [1.807, 2.05) is 0 Å². The van der Waals surface area contributed by atoms with Crippen molar-refractivity contribution in [2.45, 2.75) is 26.0 Å². The summed E-state index contributed by atoms with van der Waals surface area (Å²) in [6, 6.07) is 1.88. The van der Waals surface area contributed by atoms with Crippen molar-refractivity contribution in [2.24, 2.45) is 10.7 Å². The summed E-state index contributed by atoms with van der Waals surface area (Å²) in [5.41, 5.74) is 3.28. The molecular formula is C22H21F3N6O4S. The van der Waals surface area contributed by atoms with E-state index in [1.54, 1.807) is 6.92 Å². The molecular weight excluding hydrogens is 501 g/mol. The second-order valence-corrected chi connectivity index (χ2v) is 10.2. The Morgan fingerprint density at radius 3 is 2.61 bits per heavy atom. The summed E-state index contributed by atoms with van der Waals surface area (Å²) in [6.07, 6.45) is 4.71. The Hall–Kier alpha value is -3.94. The average molecular weight is 523 g/mol. The van der Waals surface area contributed by atoms with Crippen molar-refractivity contribution < 1.29 is 30.7 Å². The molecule has 14 heteroatoms. The molecule has 2 aromatic heterocycles. The van der Waals surface area contributed by atoms with Crippen LogP contribution in [0.2, 0.25) is 0 Å². The van der Waals surface area contributed by atoms with Crippen LogP contribution in [0.4, 0.5) is 13.2 Å². The first kappa shape index (κ1) is 25.2. The van der Waals surface area contributed by atoms with Gasteiger partial charge in [-0.3, -0.25) is 0 Å². The summed E-state index contributed by atoms with van der Waals surface area (Å²) in [6.45, 7) is 3.03. The predicted molar refractivity (Wildman–Crippen MR) is 123 cm³/mol. The third-order valence-electron chi connectivity index (χ3n) is 5.37. The van der Waals surface area contributed by atoms with Gasteiger partial charge in [-0.2, -0.15) is 0 Å². The molecule has 0 amide bonds. The molecule has 3 aromatic rings. The number of benzene rings is 1. The van der Waals surface area contributed by atoms with E-state index in [9.17, 15) is 21.6 Å². The van der Waals surface area contributed by atoms with E-state index in [2.05, 4.69) is 19.9 Å². The number of halogens is 3. The normalized spacial score (nSPS) is 19.8. The summed E-state index contributed by atoms with van der Waals surface area (Å²) in [7, 11) is -2.74. The topological polar surface area (TPSA) is 137 Å². The van der Waals surface area contributed by atoms with E-state index < -0.39 is 44.3 Å². The fourth-order valence-corrected chi connectivity index (χ4v) is 4.96. The highest BCUT2D eigenvalue weighted by Crippen LogP contribution is 2.35. The second-order valence-electron chi connectivity index (χ2n) is 8.22. The molecule has 0 fully saturated rings. The Morgan fingerprint density at radius 1 is 1.25 bits per heavy atom. The fourth-order valence-electron chi connectivity index (χ4n) is 3.51. The van der Waals surface area contributed by atoms with Crippen LogP contribution in [-0.2, 0) is 22.2 Å². The number of aromatic nitrogens is 3. The van der Waals surface area contributed by atoms with Crippen molar-refractivity contribution in [2.75, 3.05) is 12.8 Å². The van der Waals surface area contributed by atoms with Crippen molar-refractivity contribution in [3.05, 3.63) is 70.8 Å². The summed E-state index contributed by atoms with van der Waals surface area (Å²) >= 11 is 0. The minimum absolute atomic E-state index is 0.00486. The van der Waals surface area contributed by atoms with Crippen LogP contribution < -0.4 is 10.5 Å². The lowest BCUT2D eigenvalue weighted by atomic mass is 9.92. The minimum Gasteiger partial charge on any atom is -0.467 e. The summed E-state index contributed by atoms with van der Waals surface area (Å²) in [4.78, 5) is 15.9. The SMILES string of the molecule is Cc1cnc(COc2cnc(C(F)=Cc3cc(F)c(F)c(C4(C)CS(=O)(=O)N(C)C(N)=N4)c3)cn2)o1. The number of nitrogens with zero attached hydrogens (tertiary/aromatic N) is 5. The molecule has 2 N–H and O–H groups in total. The average Bonchev–Trinajstić information content (AvgIpc) is 3.23. The maximum absolute atomic E-state index is 14.9.